The molecule has 0 unspecified atom stereocenters. The van der Waals surface area contributed by atoms with Gasteiger partial charge in [0, 0.05) is 0 Å². The van der Waals surface area contributed by atoms with Gasteiger partial charge in [-0.2, -0.15) is 5.10 Å². The molecule has 86 valence electrons. The largest absolute Gasteiger partial charge is 0.381 e. The van der Waals surface area contributed by atoms with E-state index in [2.05, 4.69) is 10.5 Å². The predicted octanol–water partition coefficient (Wildman–Crippen LogP) is 1.05. The summed E-state index contributed by atoms with van der Waals surface area (Å²) in [6.45, 7) is 2.71. The van der Waals surface area contributed by atoms with Crippen molar-refractivity contribution < 1.29 is 14.3 Å². The summed E-state index contributed by atoms with van der Waals surface area (Å²) in [6.07, 6.45) is 1.36. The Hall–Kier alpha value is -1.75. The van der Waals surface area contributed by atoms with Crippen molar-refractivity contribution in [3.8, 4) is 0 Å². The van der Waals surface area contributed by atoms with Crippen molar-refractivity contribution in [1.82, 2.24) is 5.43 Å². The summed E-state index contributed by atoms with van der Waals surface area (Å²) in [7, 11) is 0. The van der Waals surface area contributed by atoms with Crippen LogP contribution in [0.2, 0.25) is 0 Å². The molecule has 0 aliphatic carbocycles. The normalized spacial score (nSPS) is 11.8. The van der Waals surface area contributed by atoms with E-state index in [0.29, 0.717) is 5.56 Å². The second-order valence-corrected chi connectivity index (χ2v) is 3.81. The minimum absolute atomic E-state index is 0.335. The van der Waals surface area contributed by atoms with Crippen LogP contribution in [0.25, 0.3) is 0 Å². The highest BCUT2D eigenvalue weighted by Crippen LogP contribution is 2.01. The number of carbonyl (C=O) groups is 1. The number of hydrazone groups is 1. The average molecular weight is 224 g/mol. The number of rotatable bonds is 3. The molecule has 4 nitrogen and oxygen atoms in total. The molecule has 1 aromatic carbocycles. The van der Waals surface area contributed by atoms with Crippen molar-refractivity contribution in [2.24, 2.45) is 5.10 Å². The standard InChI is InChI=1S/C11H13FN2O2/c1-11(2,16)10(15)14-13-7-8-3-5-9(12)6-4-8/h3-7,16H,1-2H3,(H,14,15)/b13-7-. The fraction of sp³-hybridized carbons (Fsp3) is 0.273. The van der Waals surface area contributed by atoms with Crippen LogP contribution in [0.5, 0.6) is 0 Å². The lowest BCUT2D eigenvalue weighted by molar-refractivity contribution is -0.136. The van der Waals surface area contributed by atoms with Gasteiger partial charge in [-0.1, -0.05) is 12.1 Å². The Morgan fingerprint density at radius 1 is 1.44 bits per heavy atom. The molecule has 0 heterocycles. The van der Waals surface area contributed by atoms with Crippen LogP contribution in [-0.2, 0) is 4.79 Å². The van der Waals surface area contributed by atoms with E-state index in [-0.39, 0.29) is 5.82 Å². The molecule has 0 aromatic heterocycles. The maximum atomic E-state index is 12.5. The molecule has 1 amide bonds. The highest BCUT2D eigenvalue weighted by Gasteiger charge is 2.22. The number of hydrogen-bond donors (Lipinski definition) is 2. The van der Waals surface area contributed by atoms with Crippen LogP contribution in [0.3, 0.4) is 0 Å². The third kappa shape index (κ3) is 3.78. The van der Waals surface area contributed by atoms with Gasteiger partial charge in [-0.05, 0) is 31.5 Å². The number of nitrogens with one attached hydrogen (secondary N) is 1. The van der Waals surface area contributed by atoms with Crippen LogP contribution in [0.1, 0.15) is 19.4 Å². The van der Waals surface area contributed by atoms with Crippen LogP contribution in [0.15, 0.2) is 29.4 Å². The third-order valence-corrected chi connectivity index (χ3v) is 1.81. The summed E-state index contributed by atoms with van der Waals surface area (Å²) in [6, 6.07) is 5.63. The molecular weight excluding hydrogens is 211 g/mol. The lowest BCUT2D eigenvalue weighted by Crippen LogP contribution is -2.39. The van der Waals surface area contributed by atoms with Crippen molar-refractivity contribution >= 4 is 12.1 Å². The summed E-state index contributed by atoms with van der Waals surface area (Å²) in [5, 5.41) is 12.9. The van der Waals surface area contributed by atoms with E-state index in [1.54, 1.807) is 0 Å². The number of aliphatic hydroxyl groups is 1. The number of carbonyl (C=O) groups excluding carboxylic acids is 1. The molecule has 1 aromatic rings. The maximum absolute atomic E-state index is 12.5. The zero-order chi connectivity index (χ0) is 12.2. The molecule has 0 radical (unpaired) electrons. The number of hydrogen-bond acceptors (Lipinski definition) is 3. The Morgan fingerprint density at radius 3 is 2.50 bits per heavy atom. The minimum atomic E-state index is -1.47. The van der Waals surface area contributed by atoms with Gasteiger partial charge in [-0.25, -0.2) is 9.82 Å². The molecule has 0 aliphatic heterocycles. The average Bonchev–Trinajstić information content (AvgIpc) is 2.19. The van der Waals surface area contributed by atoms with E-state index in [1.165, 1.54) is 44.3 Å². The van der Waals surface area contributed by atoms with Gasteiger partial charge < -0.3 is 5.11 Å². The van der Waals surface area contributed by atoms with E-state index in [4.69, 9.17) is 0 Å². The van der Waals surface area contributed by atoms with E-state index < -0.39 is 11.5 Å². The predicted molar refractivity (Wildman–Crippen MR) is 58.4 cm³/mol. The van der Waals surface area contributed by atoms with E-state index in [9.17, 15) is 14.3 Å². The van der Waals surface area contributed by atoms with Crippen molar-refractivity contribution in [2.75, 3.05) is 0 Å². The smallest absolute Gasteiger partial charge is 0.271 e. The molecule has 1 rings (SSSR count). The fourth-order valence-corrected chi connectivity index (χ4v) is 0.851. The van der Waals surface area contributed by atoms with Gasteiger partial charge in [0.25, 0.3) is 5.91 Å². The summed E-state index contributed by atoms with van der Waals surface area (Å²) >= 11 is 0. The summed E-state index contributed by atoms with van der Waals surface area (Å²) in [4.78, 5) is 11.2. The Morgan fingerprint density at radius 2 is 2.00 bits per heavy atom. The fourth-order valence-electron chi connectivity index (χ4n) is 0.851. The number of nitrogens with zero attached hydrogens (tertiary/aromatic N) is 1. The lowest BCUT2D eigenvalue weighted by atomic mass is 10.1. The monoisotopic (exact) mass is 224 g/mol. The second-order valence-electron chi connectivity index (χ2n) is 3.81. The van der Waals surface area contributed by atoms with Crippen molar-refractivity contribution in [3.05, 3.63) is 35.6 Å². The molecule has 0 spiro atoms. The van der Waals surface area contributed by atoms with Crippen molar-refractivity contribution in [1.29, 1.82) is 0 Å². The van der Waals surface area contributed by atoms with Crippen LogP contribution < -0.4 is 5.43 Å². The number of amides is 1. The first-order valence-electron chi connectivity index (χ1n) is 4.71. The topological polar surface area (TPSA) is 61.7 Å². The van der Waals surface area contributed by atoms with Crippen LogP contribution in [0, 0.1) is 5.82 Å². The Bertz CT molecular complexity index is 393. The van der Waals surface area contributed by atoms with Gasteiger partial charge in [0.2, 0.25) is 0 Å². The highest BCUT2D eigenvalue weighted by atomic mass is 19.1. The molecule has 0 atom stereocenters. The summed E-state index contributed by atoms with van der Waals surface area (Å²) < 4.78 is 12.5. The first-order valence-corrected chi connectivity index (χ1v) is 4.71. The SMILES string of the molecule is CC(C)(O)C(=O)N/N=C\c1ccc(F)cc1. The van der Waals surface area contributed by atoms with Crippen molar-refractivity contribution in [2.45, 2.75) is 19.4 Å². The van der Waals surface area contributed by atoms with Gasteiger partial charge in [0.1, 0.15) is 11.4 Å². The molecule has 0 bridgehead atoms. The van der Waals surface area contributed by atoms with E-state index >= 15 is 0 Å². The van der Waals surface area contributed by atoms with Gasteiger partial charge in [0.05, 0.1) is 6.21 Å². The summed E-state index contributed by atoms with van der Waals surface area (Å²) in [5.41, 5.74) is 1.35. The van der Waals surface area contributed by atoms with E-state index in [0.717, 1.165) is 0 Å². The second kappa shape index (κ2) is 4.85. The molecule has 5 heteroatoms. The highest BCUT2D eigenvalue weighted by molar-refractivity contribution is 5.86. The molecule has 0 saturated carbocycles. The van der Waals surface area contributed by atoms with Crippen LogP contribution in [-0.4, -0.2) is 22.8 Å². The van der Waals surface area contributed by atoms with Crippen LogP contribution in [0.4, 0.5) is 4.39 Å². The van der Waals surface area contributed by atoms with Crippen LogP contribution >= 0.6 is 0 Å². The number of halogens is 1. The molecule has 0 saturated heterocycles. The zero-order valence-electron chi connectivity index (χ0n) is 9.07. The molecule has 0 fully saturated rings. The quantitative estimate of drug-likeness (QED) is 0.595. The lowest BCUT2D eigenvalue weighted by Gasteiger charge is -2.13. The molecule has 2 N–H and O–H groups in total. The first kappa shape index (κ1) is 12.3. The Labute approximate surface area is 92.8 Å². The summed E-state index contributed by atoms with van der Waals surface area (Å²) in [5.74, 6) is -0.941. The molecule has 0 aliphatic rings. The van der Waals surface area contributed by atoms with Gasteiger partial charge in [-0.15, -0.1) is 0 Å². The maximum Gasteiger partial charge on any atom is 0.271 e. The number of benzene rings is 1. The van der Waals surface area contributed by atoms with Gasteiger partial charge >= 0.3 is 0 Å². The van der Waals surface area contributed by atoms with Gasteiger partial charge in [0.15, 0.2) is 0 Å². The Balaban J connectivity index is 2.56. The Kier molecular flexibility index (Phi) is 3.73. The molecule has 16 heavy (non-hydrogen) atoms. The minimum Gasteiger partial charge on any atom is -0.381 e. The zero-order valence-corrected chi connectivity index (χ0v) is 9.07. The first-order chi connectivity index (χ1) is 7.39. The van der Waals surface area contributed by atoms with Crippen molar-refractivity contribution in [3.63, 3.8) is 0 Å². The van der Waals surface area contributed by atoms with Gasteiger partial charge in [-0.3, -0.25) is 4.79 Å². The third-order valence-electron chi connectivity index (χ3n) is 1.81. The molecular formula is C11H13FN2O2. The van der Waals surface area contributed by atoms with E-state index in [1.807, 2.05) is 0 Å².